The largest absolute Gasteiger partial charge is 0.437 e. The molecule has 0 radical (unpaired) electrons. The number of sulfonamides is 2. The van der Waals surface area contributed by atoms with Crippen molar-refractivity contribution in [3.05, 3.63) is 63.8 Å². The van der Waals surface area contributed by atoms with Crippen LogP contribution >= 0.6 is 0 Å². The fourth-order valence-electron chi connectivity index (χ4n) is 4.92. The number of fused-ring (bicyclic) bond motifs is 1. The zero-order valence-electron chi connectivity index (χ0n) is 25.5. The van der Waals surface area contributed by atoms with Crippen molar-refractivity contribution in [2.75, 3.05) is 37.2 Å². The van der Waals surface area contributed by atoms with Crippen molar-refractivity contribution in [2.45, 2.75) is 60.3 Å². The van der Waals surface area contributed by atoms with Crippen molar-refractivity contribution in [1.82, 2.24) is 14.6 Å². The van der Waals surface area contributed by atoms with Gasteiger partial charge >= 0.3 is 0 Å². The number of rotatable bonds is 13. The predicted molar refractivity (Wildman–Crippen MR) is 169 cm³/mol. The molecule has 0 saturated heterocycles. The number of anilines is 1. The molecule has 42 heavy (non-hydrogen) atoms. The summed E-state index contributed by atoms with van der Waals surface area (Å²) in [6.45, 7) is 9.72. The molecule has 3 rings (SSSR count). The van der Waals surface area contributed by atoms with Crippen molar-refractivity contribution < 1.29 is 26.0 Å². The molecule has 2 aromatic rings. The number of carbonyl (C=O) groups is 1. The minimum atomic E-state index is -3.79. The summed E-state index contributed by atoms with van der Waals surface area (Å²) in [5.41, 5.74) is 2.67. The summed E-state index contributed by atoms with van der Waals surface area (Å²) in [6, 6.07) is 1.77. The molecule has 0 spiro atoms. The van der Waals surface area contributed by atoms with Crippen LogP contribution in [0.5, 0.6) is 0 Å². The van der Waals surface area contributed by atoms with Crippen molar-refractivity contribution in [3.8, 4) is 0 Å². The molecular formula is C30H42N4O6S2. The number of carbonyl (C=O) groups excluding carboxylic acids is 1. The highest BCUT2D eigenvalue weighted by atomic mass is 32.2. The van der Waals surface area contributed by atoms with Gasteiger partial charge in [-0.1, -0.05) is 51.2 Å². The third-order valence-electron chi connectivity index (χ3n) is 7.21. The Balaban J connectivity index is 2.05. The number of hydrogen-bond donors (Lipinski definition) is 1. The van der Waals surface area contributed by atoms with Gasteiger partial charge in [0.05, 0.1) is 22.1 Å². The lowest BCUT2D eigenvalue weighted by Gasteiger charge is -2.24. The van der Waals surface area contributed by atoms with Gasteiger partial charge in [0.15, 0.2) is 0 Å². The van der Waals surface area contributed by atoms with Crippen LogP contribution in [0.25, 0.3) is 16.7 Å². The number of furan rings is 1. The first-order valence-corrected chi connectivity index (χ1v) is 17.5. The molecule has 0 saturated carbocycles. The minimum absolute atomic E-state index is 0.0200. The Kier molecular flexibility index (Phi) is 11.0. The van der Waals surface area contributed by atoms with Crippen molar-refractivity contribution in [2.24, 2.45) is 0 Å². The van der Waals surface area contributed by atoms with E-state index in [0.717, 1.165) is 23.8 Å². The van der Waals surface area contributed by atoms with E-state index in [1.807, 2.05) is 45.9 Å². The number of amides is 1. The van der Waals surface area contributed by atoms with Crippen molar-refractivity contribution in [3.63, 3.8) is 0 Å². The van der Waals surface area contributed by atoms with Gasteiger partial charge in [-0.2, -0.15) is 9.29 Å². The van der Waals surface area contributed by atoms with Crippen LogP contribution in [0.4, 0.5) is 5.82 Å². The summed E-state index contributed by atoms with van der Waals surface area (Å²) in [4.78, 5) is 18.0. The monoisotopic (exact) mass is 618 g/mol. The molecule has 12 heteroatoms. The normalized spacial score (nSPS) is 16.4. The lowest BCUT2D eigenvalue weighted by molar-refractivity contribution is 0.0963. The van der Waals surface area contributed by atoms with E-state index in [4.69, 9.17) is 4.42 Å². The number of aryl methyl sites for hydroxylation is 1. The summed E-state index contributed by atoms with van der Waals surface area (Å²) in [5.74, 6) is 0.272. The molecule has 0 aromatic carbocycles. The van der Waals surface area contributed by atoms with E-state index in [2.05, 4.69) is 10.3 Å². The molecular weight excluding hydrogens is 576 g/mol. The molecule has 0 aliphatic carbocycles. The molecule has 230 valence electrons. The van der Waals surface area contributed by atoms with Crippen LogP contribution in [0.15, 0.2) is 51.3 Å². The maximum Gasteiger partial charge on any atom is 0.255 e. The maximum absolute atomic E-state index is 13.0. The molecule has 10 nitrogen and oxygen atoms in total. The second-order valence-corrected chi connectivity index (χ2v) is 14.0. The molecule has 1 aliphatic heterocycles. The van der Waals surface area contributed by atoms with Gasteiger partial charge in [-0.15, -0.1) is 0 Å². The third kappa shape index (κ3) is 6.87. The number of allylic oxidation sites excluding steroid dienone is 6. The molecule has 0 unspecified atom stereocenters. The highest BCUT2D eigenvalue weighted by Crippen LogP contribution is 2.35. The number of hydrogen-bond acceptors (Lipinski definition) is 7. The van der Waals surface area contributed by atoms with E-state index in [1.165, 1.54) is 8.61 Å². The van der Waals surface area contributed by atoms with Crippen LogP contribution in [0.3, 0.4) is 0 Å². The van der Waals surface area contributed by atoms with Crippen LogP contribution in [0.2, 0.25) is 0 Å². The first-order valence-electron chi connectivity index (χ1n) is 14.2. The third-order valence-corrected chi connectivity index (χ3v) is 10.4. The molecule has 3 heterocycles. The van der Waals surface area contributed by atoms with Gasteiger partial charge in [0.25, 0.3) is 5.91 Å². The minimum Gasteiger partial charge on any atom is -0.437 e. The molecule has 2 aromatic heterocycles. The zero-order chi connectivity index (χ0) is 31.2. The van der Waals surface area contributed by atoms with Gasteiger partial charge < -0.3 is 9.73 Å². The SMILES string of the molecule is C/C=C\C1=C(C)S(=O)(=O)N(CCCN(c2nc3oc(/C(=C/C=C\CC)CC)c(C(=O)NC)c3cc2CC)S(C)(=O)=O)C1. The van der Waals surface area contributed by atoms with Gasteiger partial charge in [-0.25, -0.2) is 16.8 Å². The first kappa shape index (κ1) is 33.3. The molecule has 0 fully saturated rings. The summed E-state index contributed by atoms with van der Waals surface area (Å²) >= 11 is 0. The Bertz CT molecular complexity index is 1660. The quantitative estimate of drug-likeness (QED) is 0.307. The van der Waals surface area contributed by atoms with Crippen LogP contribution < -0.4 is 9.62 Å². The van der Waals surface area contributed by atoms with Crippen LogP contribution in [-0.2, 0) is 26.5 Å². The standard InChI is InChI=1S/C30H42N4O6S2/c1-8-12-13-16-22(10-3)27-26(29(35)31-6)25-19-23(11-4)28(32-30(25)40-27)34(41(7,36)37)18-14-17-33-20-24(15-9-2)21(5)42(33,38)39/h9,12-13,15-16,19H,8,10-11,14,17-18,20H2,1-7H3,(H,31,35)/b13-12-,15-9-,22-16+. The van der Waals surface area contributed by atoms with E-state index >= 15 is 0 Å². The summed E-state index contributed by atoms with van der Waals surface area (Å²) in [7, 11) is -5.84. The highest BCUT2D eigenvalue weighted by Gasteiger charge is 2.34. The number of aromatic nitrogens is 1. The van der Waals surface area contributed by atoms with E-state index in [0.29, 0.717) is 40.0 Å². The van der Waals surface area contributed by atoms with Crippen LogP contribution in [0.1, 0.15) is 75.6 Å². The van der Waals surface area contributed by atoms with E-state index in [-0.39, 0.29) is 43.5 Å². The fourth-order valence-corrected chi connectivity index (χ4v) is 7.38. The average Bonchev–Trinajstić information content (AvgIpc) is 3.41. The smallest absolute Gasteiger partial charge is 0.255 e. The Morgan fingerprint density at radius 3 is 2.55 bits per heavy atom. The maximum atomic E-state index is 13.0. The Hall–Kier alpha value is -3.22. The molecule has 0 bridgehead atoms. The van der Waals surface area contributed by atoms with Gasteiger partial charge in [-0.05, 0) is 62.3 Å². The second-order valence-electron chi connectivity index (χ2n) is 10.1. The molecule has 1 N–H and O–H groups in total. The highest BCUT2D eigenvalue weighted by molar-refractivity contribution is 7.93. The summed E-state index contributed by atoms with van der Waals surface area (Å²) in [6.07, 6.45) is 12.7. The Morgan fingerprint density at radius 1 is 1.26 bits per heavy atom. The van der Waals surface area contributed by atoms with E-state index < -0.39 is 20.0 Å². The van der Waals surface area contributed by atoms with Gasteiger partial charge in [0, 0.05) is 26.7 Å². The summed E-state index contributed by atoms with van der Waals surface area (Å²) in [5, 5.41) is 3.18. The Labute approximate surface area is 250 Å². The average molecular weight is 619 g/mol. The predicted octanol–water partition coefficient (Wildman–Crippen LogP) is 5.16. The first-order chi connectivity index (χ1) is 19.8. The zero-order valence-corrected chi connectivity index (χ0v) is 27.2. The van der Waals surface area contributed by atoms with Gasteiger partial charge in [0.2, 0.25) is 25.8 Å². The van der Waals surface area contributed by atoms with E-state index in [9.17, 15) is 21.6 Å². The van der Waals surface area contributed by atoms with Crippen LogP contribution in [0, 0.1) is 0 Å². The second kappa shape index (κ2) is 13.8. The topological polar surface area (TPSA) is 130 Å². The van der Waals surface area contributed by atoms with Crippen LogP contribution in [-0.4, -0.2) is 65.0 Å². The lowest BCUT2D eigenvalue weighted by Crippen LogP contribution is -2.35. The number of nitrogens with zero attached hydrogens (tertiary/aromatic N) is 3. The fraction of sp³-hybridized carbons (Fsp3) is 0.467. The van der Waals surface area contributed by atoms with Crippen molar-refractivity contribution in [1.29, 1.82) is 0 Å². The lowest BCUT2D eigenvalue weighted by atomic mass is 10.0. The van der Waals surface area contributed by atoms with E-state index in [1.54, 1.807) is 32.2 Å². The van der Waals surface area contributed by atoms with Crippen molar-refractivity contribution >= 4 is 48.4 Å². The molecule has 1 aliphatic rings. The van der Waals surface area contributed by atoms with Gasteiger partial charge in [0.1, 0.15) is 11.6 Å². The number of nitrogens with one attached hydrogen (secondary N) is 1. The van der Waals surface area contributed by atoms with Gasteiger partial charge in [-0.3, -0.25) is 9.10 Å². The summed E-state index contributed by atoms with van der Waals surface area (Å²) < 4.78 is 60.6. The Morgan fingerprint density at radius 2 is 1.98 bits per heavy atom. The number of pyridine rings is 1. The molecule has 1 amide bonds. The molecule has 0 atom stereocenters.